The monoisotopic (exact) mass is 342 g/mol. The minimum Gasteiger partial charge on any atom is -0.484 e. The number of hydrazine groups is 1. The molecule has 0 aromatic heterocycles. The first kappa shape index (κ1) is 18.3. The lowest BCUT2D eigenvalue weighted by molar-refractivity contribution is -0.131. The molecular weight excluding hydrogens is 320 g/mol. The number of rotatable bonds is 7. The number of hydrogen-bond donors (Lipinski definition) is 2. The van der Waals surface area contributed by atoms with Crippen LogP contribution in [0.4, 0.5) is 0 Å². The molecule has 0 aliphatic heterocycles. The van der Waals surface area contributed by atoms with Crippen LogP contribution in [0.5, 0.6) is 11.5 Å². The number of carbonyl (C=O) groups is 2. The number of amides is 2. The lowest BCUT2D eigenvalue weighted by atomic mass is 10.1. The summed E-state index contributed by atoms with van der Waals surface area (Å²) in [6.45, 7) is 3.60. The highest BCUT2D eigenvalue weighted by Gasteiger charge is 2.08. The van der Waals surface area contributed by atoms with Gasteiger partial charge in [0.1, 0.15) is 11.5 Å². The first-order valence-electron chi connectivity index (χ1n) is 8.06. The zero-order chi connectivity index (χ0) is 18.1. The Morgan fingerprint density at radius 2 is 1.48 bits per heavy atom. The van der Waals surface area contributed by atoms with Crippen molar-refractivity contribution in [2.75, 3.05) is 13.2 Å². The van der Waals surface area contributed by atoms with E-state index in [-0.39, 0.29) is 13.2 Å². The summed E-state index contributed by atoms with van der Waals surface area (Å²) < 4.78 is 10.8. The molecule has 0 bridgehead atoms. The Hall–Kier alpha value is -3.02. The van der Waals surface area contributed by atoms with E-state index in [1.165, 1.54) is 0 Å². The van der Waals surface area contributed by atoms with Crippen molar-refractivity contribution < 1.29 is 19.1 Å². The van der Waals surface area contributed by atoms with Gasteiger partial charge in [-0.25, -0.2) is 0 Å². The summed E-state index contributed by atoms with van der Waals surface area (Å²) in [5, 5.41) is 0. The molecule has 25 heavy (non-hydrogen) atoms. The Morgan fingerprint density at radius 3 is 2.12 bits per heavy atom. The Kier molecular flexibility index (Phi) is 6.83. The topological polar surface area (TPSA) is 76.7 Å². The molecule has 0 radical (unpaired) electrons. The normalized spacial score (nSPS) is 10.0. The number of benzene rings is 2. The average Bonchev–Trinajstić information content (AvgIpc) is 2.64. The lowest BCUT2D eigenvalue weighted by Gasteiger charge is -2.11. The van der Waals surface area contributed by atoms with Gasteiger partial charge >= 0.3 is 0 Å². The molecule has 6 heteroatoms. The zero-order valence-electron chi connectivity index (χ0n) is 14.4. The van der Waals surface area contributed by atoms with Crippen molar-refractivity contribution in [1.82, 2.24) is 10.9 Å². The predicted molar refractivity (Wildman–Crippen MR) is 94.3 cm³/mol. The van der Waals surface area contributed by atoms with Crippen molar-refractivity contribution in [1.29, 1.82) is 0 Å². The second-order valence-electron chi connectivity index (χ2n) is 5.45. The van der Waals surface area contributed by atoms with Crippen LogP contribution in [0.3, 0.4) is 0 Å². The van der Waals surface area contributed by atoms with E-state index in [1.807, 2.05) is 44.2 Å². The van der Waals surface area contributed by atoms with E-state index in [0.717, 1.165) is 17.5 Å². The molecule has 0 unspecified atom stereocenters. The van der Waals surface area contributed by atoms with Crippen molar-refractivity contribution in [2.45, 2.75) is 20.3 Å². The van der Waals surface area contributed by atoms with Gasteiger partial charge in [0, 0.05) is 0 Å². The minimum atomic E-state index is -0.456. The molecule has 2 aromatic rings. The van der Waals surface area contributed by atoms with Crippen molar-refractivity contribution in [3.05, 3.63) is 59.7 Å². The highest BCUT2D eigenvalue weighted by molar-refractivity contribution is 5.83. The Balaban J connectivity index is 1.68. The van der Waals surface area contributed by atoms with Crippen LogP contribution in [0.2, 0.25) is 0 Å². The van der Waals surface area contributed by atoms with Crippen LogP contribution < -0.4 is 20.3 Å². The fourth-order valence-corrected chi connectivity index (χ4v) is 2.07. The third kappa shape index (κ3) is 6.18. The number of ether oxygens (including phenoxy) is 2. The maximum atomic E-state index is 11.7. The van der Waals surface area contributed by atoms with E-state index < -0.39 is 11.8 Å². The van der Waals surface area contributed by atoms with E-state index in [2.05, 4.69) is 10.9 Å². The number of para-hydroxylation sites is 1. The molecule has 0 aliphatic carbocycles. The average molecular weight is 342 g/mol. The van der Waals surface area contributed by atoms with Gasteiger partial charge in [-0.2, -0.15) is 0 Å². The van der Waals surface area contributed by atoms with Gasteiger partial charge in [0.25, 0.3) is 11.8 Å². The number of aryl methyl sites for hydroxylation is 2. The molecule has 0 saturated carbocycles. The second kappa shape index (κ2) is 9.32. The highest BCUT2D eigenvalue weighted by atomic mass is 16.5. The maximum Gasteiger partial charge on any atom is 0.276 e. The maximum absolute atomic E-state index is 11.7. The van der Waals surface area contributed by atoms with Crippen LogP contribution in [-0.2, 0) is 16.0 Å². The van der Waals surface area contributed by atoms with E-state index >= 15 is 0 Å². The smallest absolute Gasteiger partial charge is 0.276 e. The molecule has 0 fully saturated rings. The molecule has 0 spiro atoms. The van der Waals surface area contributed by atoms with Crippen LogP contribution in [0, 0.1) is 6.92 Å². The second-order valence-corrected chi connectivity index (χ2v) is 5.45. The lowest BCUT2D eigenvalue weighted by Crippen LogP contribution is -2.45. The standard InChI is InChI=1S/C19H22N2O4/c1-3-15-6-4-5-7-17(15)25-13-19(23)21-20-18(22)12-24-16-10-8-14(2)9-11-16/h4-11H,3,12-13H2,1-2H3,(H,20,22)(H,21,23). The molecule has 2 N–H and O–H groups in total. The number of nitrogens with one attached hydrogen (secondary N) is 2. The van der Waals surface area contributed by atoms with Gasteiger partial charge in [-0.1, -0.05) is 42.8 Å². The van der Waals surface area contributed by atoms with E-state index in [4.69, 9.17) is 9.47 Å². The largest absolute Gasteiger partial charge is 0.484 e. The molecule has 2 rings (SSSR count). The summed E-state index contributed by atoms with van der Waals surface area (Å²) in [6, 6.07) is 14.8. The molecular formula is C19H22N2O4. The van der Waals surface area contributed by atoms with Gasteiger partial charge < -0.3 is 9.47 Å². The summed E-state index contributed by atoms with van der Waals surface area (Å²) in [6.07, 6.45) is 0.810. The summed E-state index contributed by atoms with van der Waals surface area (Å²) >= 11 is 0. The highest BCUT2D eigenvalue weighted by Crippen LogP contribution is 2.17. The molecule has 2 aromatic carbocycles. The minimum absolute atomic E-state index is 0.184. The fraction of sp³-hybridized carbons (Fsp3) is 0.263. The third-order valence-electron chi connectivity index (χ3n) is 3.44. The van der Waals surface area contributed by atoms with E-state index in [9.17, 15) is 9.59 Å². The summed E-state index contributed by atoms with van der Waals surface area (Å²) in [5.74, 6) is 0.346. The summed E-state index contributed by atoms with van der Waals surface area (Å²) in [4.78, 5) is 23.4. The van der Waals surface area contributed by atoms with Crippen molar-refractivity contribution in [2.24, 2.45) is 0 Å². The van der Waals surface area contributed by atoms with Gasteiger partial charge in [-0.3, -0.25) is 20.4 Å². The molecule has 0 aliphatic rings. The molecule has 0 atom stereocenters. The first-order valence-corrected chi connectivity index (χ1v) is 8.06. The quantitative estimate of drug-likeness (QED) is 0.756. The van der Waals surface area contributed by atoms with Gasteiger partial charge in [0.15, 0.2) is 13.2 Å². The van der Waals surface area contributed by atoms with Crippen LogP contribution in [-0.4, -0.2) is 25.0 Å². The van der Waals surface area contributed by atoms with Gasteiger partial charge in [0.2, 0.25) is 0 Å². The SMILES string of the molecule is CCc1ccccc1OCC(=O)NNC(=O)COc1ccc(C)cc1. The van der Waals surface area contributed by atoms with Crippen molar-refractivity contribution in [3.8, 4) is 11.5 Å². The molecule has 6 nitrogen and oxygen atoms in total. The Bertz CT molecular complexity index is 714. The zero-order valence-corrected chi connectivity index (χ0v) is 14.4. The van der Waals surface area contributed by atoms with Crippen molar-refractivity contribution >= 4 is 11.8 Å². The van der Waals surface area contributed by atoms with Gasteiger partial charge in [0.05, 0.1) is 0 Å². The molecule has 0 heterocycles. The first-order chi connectivity index (χ1) is 12.1. The third-order valence-corrected chi connectivity index (χ3v) is 3.44. The molecule has 2 amide bonds. The van der Waals surface area contributed by atoms with Crippen LogP contribution in [0.25, 0.3) is 0 Å². The summed E-state index contributed by atoms with van der Waals surface area (Å²) in [5.41, 5.74) is 6.70. The van der Waals surface area contributed by atoms with E-state index in [0.29, 0.717) is 11.5 Å². The van der Waals surface area contributed by atoms with Crippen molar-refractivity contribution in [3.63, 3.8) is 0 Å². The Morgan fingerprint density at radius 1 is 0.880 bits per heavy atom. The van der Waals surface area contributed by atoms with Gasteiger partial charge in [-0.15, -0.1) is 0 Å². The number of carbonyl (C=O) groups excluding carboxylic acids is 2. The van der Waals surface area contributed by atoms with Crippen LogP contribution >= 0.6 is 0 Å². The number of hydrogen-bond acceptors (Lipinski definition) is 4. The summed E-state index contributed by atoms with van der Waals surface area (Å²) in [7, 11) is 0. The molecule has 0 saturated heterocycles. The van der Waals surface area contributed by atoms with E-state index in [1.54, 1.807) is 18.2 Å². The fourth-order valence-electron chi connectivity index (χ4n) is 2.07. The van der Waals surface area contributed by atoms with Crippen LogP contribution in [0.15, 0.2) is 48.5 Å². The van der Waals surface area contributed by atoms with Gasteiger partial charge in [-0.05, 0) is 37.1 Å². The predicted octanol–water partition coefficient (Wildman–Crippen LogP) is 2.16. The van der Waals surface area contributed by atoms with Crippen LogP contribution in [0.1, 0.15) is 18.1 Å². The molecule has 132 valence electrons. The Labute approximate surface area is 147 Å².